The Labute approximate surface area is 144 Å². The quantitative estimate of drug-likeness (QED) is 0.732. The van der Waals surface area contributed by atoms with Crippen LogP contribution in [-0.2, 0) is 6.42 Å². The fourth-order valence-corrected chi connectivity index (χ4v) is 3.31. The van der Waals surface area contributed by atoms with Crippen LogP contribution in [0.3, 0.4) is 0 Å². The van der Waals surface area contributed by atoms with E-state index in [-0.39, 0.29) is 0 Å². The zero-order valence-electron chi connectivity index (χ0n) is 14.5. The third kappa shape index (κ3) is 4.15. The summed E-state index contributed by atoms with van der Waals surface area (Å²) < 4.78 is 5.97. The summed E-state index contributed by atoms with van der Waals surface area (Å²) in [6, 6.07) is 19.6. The van der Waals surface area contributed by atoms with Gasteiger partial charge in [-0.2, -0.15) is 0 Å². The molecule has 3 atom stereocenters. The molecule has 128 valence electrons. The zero-order chi connectivity index (χ0) is 16.8. The lowest BCUT2D eigenvalue weighted by Crippen LogP contribution is -2.31. The van der Waals surface area contributed by atoms with E-state index in [1.165, 1.54) is 11.1 Å². The van der Waals surface area contributed by atoms with E-state index < -0.39 is 0 Å². The third-order valence-electron chi connectivity index (χ3n) is 4.70. The highest BCUT2D eigenvalue weighted by atomic mass is 16.5. The van der Waals surface area contributed by atoms with E-state index in [1.807, 2.05) is 19.2 Å². The number of hydrazine groups is 1. The molecule has 0 bridgehead atoms. The lowest BCUT2D eigenvalue weighted by Gasteiger charge is -2.21. The third-order valence-corrected chi connectivity index (χ3v) is 4.70. The average Bonchev–Trinajstić information content (AvgIpc) is 2.97. The highest BCUT2D eigenvalue weighted by Gasteiger charge is 2.33. The second-order valence-electron chi connectivity index (χ2n) is 6.43. The Bertz CT molecular complexity index is 632. The molecular weight excluding hydrogens is 298 g/mol. The predicted molar refractivity (Wildman–Crippen MR) is 98.0 cm³/mol. The molecule has 4 heteroatoms. The molecule has 1 aliphatic heterocycles. The van der Waals surface area contributed by atoms with Gasteiger partial charge in [0.25, 0.3) is 0 Å². The van der Waals surface area contributed by atoms with E-state index in [0.717, 1.165) is 18.7 Å². The maximum atomic E-state index is 5.97. The molecule has 3 N–H and O–H groups in total. The molecule has 0 spiro atoms. The van der Waals surface area contributed by atoms with Crippen molar-refractivity contribution in [2.24, 2.45) is 5.92 Å². The second kappa shape index (κ2) is 8.29. The topological polar surface area (TPSA) is 45.3 Å². The number of benzene rings is 2. The second-order valence-corrected chi connectivity index (χ2v) is 6.43. The summed E-state index contributed by atoms with van der Waals surface area (Å²) in [5.41, 5.74) is 9.35. The zero-order valence-corrected chi connectivity index (χ0v) is 14.5. The predicted octanol–water partition coefficient (Wildman–Crippen LogP) is 2.68. The molecule has 0 aliphatic carbocycles. The molecule has 1 aliphatic rings. The molecule has 24 heavy (non-hydrogen) atoms. The molecule has 0 radical (unpaired) electrons. The minimum absolute atomic E-state index is 0.296. The smallest absolute Gasteiger partial charge is 0.119 e. The molecular formula is C20H27N3O. The number of hydrogen-bond acceptors (Lipinski definition) is 4. The Kier molecular flexibility index (Phi) is 5.86. The standard InChI is InChI=1S/C20H27N3O/c1-15-19(14-21-2)20(23-22-15)17-9-6-10-18(13-17)24-12-11-16-7-4-3-5-8-16/h3-10,13,15,19-23H,11-12,14H2,1-2H3. The number of hydrogen-bond donors (Lipinski definition) is 3. The van der Waals surface area contributed by atoms with Gasteiger partial charge in [0.1, 0.15) is 5.75 Å². The minimum Gasteiger partial charge on any atom is -0.493 e. The minimum atomic E-state index is 0.296. The van der Waals surface area contributed by atoms with Gasteiger partial charge in [-0.25, -0.2) is 5.43 Å². The summed E-state index contributed by atoms with van der Waals surface area (Å²) in [5.74, 6) is 1.45. The van der Waals surface area contributed by atoms with E-state index in [0.29, 0.717) is 24.6 Å². The van der Waals surface area contributed by atoms with Crippen molar-refractivity contribution in [3.05, 3.63) is 65.7 Å². The molecule has 1 saturated heterocycles. The monoisotopic (exact) mass is 325 g/mol. The first kappa shape index (κ1) is 17.0. The van der Waals surface area contributed by atoms with E-state index >= 15 is 0 Å². The first-order valence-electron chi connectivity index (χ1n) is 8.70. The van der Waals surface area contributed by atoms with Crippen LogP contribution in [-0.4, -0.2) is 26.2 Å². The molecule has 4 nitrogen and oxygen atoms in total. The summed E-state index contributed by atoms with van der Waals surface area (Å²) in [4.78, 5) is 0. The van der Waals surface area contributed by atoms with Gasteiger partial charge in [0.05, 0.1) is 12.6 Å². The van der Waals surface area contributed by atoms with Crippen LogP contribution in [0.1, 0.15) is 24.1 Å². The highest BCUT2D eigenvalue weighted by molar-refractivity contribution is 5.32. The Morgan fingerprint density at radius 1 is 1.04 bits per heavy atom. The van der Waals surface area contributed by atoms with Gasteiger partial charge < -0.3 is 10.1 Å². The molecule has 0 amide bonds. The van der Waals surface area contributed by atoms with Gasteiger partial charge >= 0.3 is 0 Å². The van der Waals surface area contributed by atoms with Crippen LogP contribution in [0.4, 0.5) is 0 Å². The Morgan fingerprint density at radius 2 is 1.88 bits per heavy atom. The van der Waals surface area contributed by atoms with Crippen LogP contribution in [0.2, 0.25) is 0 Å². The van der Waals surface area contributed by atoms with Gasteiger partial charge in [-0.05, 0) is 37.2 Å². The van der Waals surface area contributed by atoms with Crippen LogP contribution < -0.4 is 20.9 Å². The maximum Gasteiger partial charge on any atom is 0.119 e. The van der Waals surface area contributed by atoms with Gasteiger partial charge in [0.2, 0.25) is 0 Å². The van der Waals surface area contributed by atoms with Crippen molar-refractivity contribution < 1.29 is 4.74 Å². The van der Waals surface area contributed by atoms with Gasteiger partial charge in [-0.15, -0.1) is 0 Å². The SMILES string of the molecule is CNCC1C(C)NNC1c1cccc(OCCc2ccccc2)c1. The molecule has 1 fully saturated rings. The fraction of sp³-hybridized carbons (Fsp3) is 0.400. The van der Waals surface area contributed by atoms with Gasteiger partial charge in [0, 0.05) is 24.9 Å². The lowest BCUT2D eigenvalue weighted by atomic mass is 9.90. The van der Waals surface area contributed by atoms with E-state index in [4.69, 9.17) is 4.74 Å². The molecule has 2 aromatic rings. The molecule has 2 aromatic carbocycles. The maximum absolute atomic E-state index is 5.97. The summed E-state index contributed by atoms with van der Waals surface area (Å²) in [6.45, 7) is 3.89. The summed E-state index contributed by atoms with van der Waals surface area (Å²) in [7, 11) is 2.01. The average molecular weight is 325 g/mol. The van der Waals surface area contributed by atoms with Crippen molar-refractivity contribution >= 4 is 0 Å². The summed E-state index contributed by atoms with van der Waals surface area (Å²) in [6.07, 6.45) is 0.924. The van der Waals surface area contributed by atoms with Crippen molar-refractivity contribution in [3.63, 3.8) is 0 Å². The van der Waals surface area contributed by atoms with Crippen molar-refractivity contribution in [1.29, 1.82) is 0 Å². The largest absolute Gasteiger partial charge is 0.493 e. The number of rotatable bonds is 7. The Balaban J connectivity index is 1.61. The molecule has 0 aromatic heterocycles. The van der Waals surface area contributed by atoms with Gasteiger partial charge in [0.15, 0.2) is 0 Å². The van der Waals surface area contributed by atoms with Crippen LogP contribution in [0, 0.1) is 5.92 Å². The molecule has 1 heterocycles. The summed E-state index contributed by atoms with van der Waals surface area (Å²) >= 11 is 0. The van der Waals surface area contributed by atoms with Crippen LogP contribution in [0.5, 0.6) is 5.75 Å². The van der Waals surface area contributed by atoms with Crippen molar-refractivity contribution in [1.82, 2.24) is 16.2 Å². The fourth-order valence-electron chi connectivity index (χ4n) is 3.31. The first-order chi connectivity index (χ1) is 11.8. The number of ether oxygens (including phenoxy) is 1. The summed E-state index contributed by atoms with van der Waals surface area (Å²) in [5, 5.41) is 3.30. The molecule has 0 saturated carbocycles. The van der Waals surface area contributed by atoms with Crippen molar-refractivity contribution in [2.75, 3.05) is 20.2 Å². The van der Waals surface area contributed by atoms with Gasteiger partial charge in [-0.3, -0.25) is 5.43 Å². The lowest BCUT2D eigenvalue weighted by molar-refractivity contribution is 0.320. The first-order valence-corrected chi connectivity index (χ1v) is 8.70. The molecule has 3 rings (SSSR count). The Morgan fingerprint density at radius 3 is 2.67 bits per heavy atom. The van der Waals surface area contributed by atoms with Crippen LogP contribution >= 0.6 is 0 Å². The highest BCUT2D eigenvalue weighted by Crippen LogP contribution is 2.30. The van der Waals surface area contributed by atoms with E-state index in [2.05, 4.69) is 65.6 Å². The van der Waals surface area contributed by atoms with E-state index in [1.54, 1.807) is 0 Å². The normalized spacial score (nSPS) is 23.3. The Hall–Kier alpha value is -1.88. The number of nitrogens with one attached hydrogen (secondary N) is 3. The van der Waals surface area contributed by atoms with Crippen molar-refractivity contribution in [3.8, 4) is 5.75 Å². The van der Waals surface area contributed by atoms with Gasteiger partial charge in [-0.1, -0.05) is 42.5 Å². The van der Waals surface area contributed by atoms with Crippen LogP contribution in [0.25, 0.3) is 0 Å². The van der Waals surface area contributed by atoms with Crippen LogP contribution in [0.15, 0.2) is 54.6 Å². The molecule has 3 unspecified atom stereocenters. The van der Waals surface area contributed by atoms with E-state index in [9.17, 15) is 0 Å². The van der Waals surface area contributed by atoms with Crippen molar-refractivity contribution in [2.45, 2.75) is 25.4 Å².